The summed E-state index contributed by atoms with van der Waals surface area (Å²) in [5, 5.41) is 11.2. The fraction of sp³-hybridized carbons (Fsp3) is 0.385. The lowest BCUT2D eigenvalue weighted by Gasteiger charge is -2.08. The lowest BCUT2D eigenvalue weighted by atomic mass is 10.1. The molecule has 0 unspecified atom stereocenters. The van der Waals surface area contributed by atoms with Gasteiger partial charge in [-0.1, -0.05) is 6.07 Å². The number of benzene rings is 1. The Morgan fingerprint density at radius 3 is 2.72 bits per heavy atom. The molecule has 0 aliphatic carbocycles. The number of unbranched alkanes of at least 4 members (excludes halogenated alkanes) is 1. The van der Waals surface area contributed by atoms with Crippen LogP contribution in [0.2, 0.25) is 0 Å². The molecule has 0 spiro atoms. The van der Waals surface area contributed by atoms with E-state index in [0.717, 1.165) is 5.56 Å². The standard InChI is InChI=1S/C13H18N2O3/c1-9-10(5-4-6-11(9)14)13(18)15-8-3-2-7-12(16)17/h4-6H,2-3,7-8,14H2,1H3,(H,15,18)(H,16,17). The summed E-state index contributed by atoms with van der Waals surface area (Å²) >= 11 is 0. The summed E-state index contributed by atoms with van der Waals surface area (Å²) in [5.74, 6) is -0.983. The molecule has 18 heavy (non-hydrogen) atoms. The molecule has 0 aliphatic heterocycles. The van der Waals surface area contributed by atoms with Crippen molar-refractivity contribution < 1.29 is 14.7 Å². The summed E-state index contributed by atoms with van der Waals surface area (Å²) in [6.07, 6.45) is 1.35. The van der Waals surface area contributed by atoms with Crippen molar-refractivity contribution >= 4 is 17.6 Å². The normalized spacial score (nSPS) is 10.1. The molecule has 5 heteroatoms. The minimum atomic E-state index is -0.812. The number of nitrogens with one attached hydrogen (secondary N) is 1. The predicted molar refractivity (Wildman–Crippen MR) is 69.4 cm³/mol. The van der Waals surface area contributed by atoms with Gasteiger partial charge in [0.15, 0.2) is 0 Å². The fourth-order valence-electron chi connectivity index (χ4n) is 1.60. The van der Waals surface area contributed by atoms with Gasteiger partial charge in [-0.25, -0.2) is 0 Å². The first-order chi connectivity index (χ1) is 8.52. The Hall–Kier alpha value is -2.04. The van der Waals surface area contributed by atoms with Gasteiger partial charge in [0.05, 0.1) is 0 Å². The van der Waals surface area contributed by atoms with E-state index in [1.165, 1.54) is 0 Å². The third-order valence-electron chi connectivity index (χ3n) is 2.72. The Balaban J connectivity index is 2.41. The number of nitrogens with two attached hydrogens (primary N) is 1. The van der Waals surface area contributed by atoms with Gasteiger partial charge in [0.25, 0.3) is 5.91 Å². The Morgan fingerprint density at radius 2 is 2.06 bits per heavy atom. The monoisotopic (exact) mass is 250 g/mol. The molecule has 0 saturated heterocycles. The topological polar surface area (TPSA) is 92.4 Å². The average Bonchev–Trinajstić information content (AvgIpc) is 2.31. The first-order valence-corrected chi connectivity index (χ1v) is 5.87. The number of carboxylic acids is 1. The summed E-state index contributed by atoms with van der Waals surface area (Å²) in [4.78, 5) is 22.1. The Morgan fingerprint density at radius 1 is 1.33 bits per heavy atom. The summed E-state index contributed by atoms with van der Waals surface area (Å²) in [5.41, 5.74) is 7.64. The molecule has 98 valence electrons. The molecular formula is C13H18N2O3. The van der Waals surface area contributed by atoms with Crippen LogP contribution in [0.3, 0.4) is 0 Å². The maximum atomic E-state index is 11.8. The van der Waals surface area contributed by atoms with Crippen LogP contribution in [0.1, 0.15) is 35.2 Å². The van der Waals surface area contributed by atoms with Crippen LogP contribution in [-0.2, 0) is 4.79 Å². The number of carbonyl (C=O) groups excluding carboxylic acids is 1. The summed E-state index contributed by atoms with van der Waals surface area (Å²) in [6, 6.07) is 5.21. The largest absolute Gasteiger partial charge is 0.481 e. The van der Waals surface area contributed by atoms with E-state index in [-0.39, 0.29) is 12.3 Å². The second-order valence-electron chi connectivity index (χ2n) is 4.13. The highest BCUT2D eigenvalue weighted by Crippen LogP contribution is 2.15. The van der Waals surface area contributed by atoms with Gasteiger partial charge in [-0.05, 0) is 37.5 Å². The van der Waals surface area contributed by atoms with Crippen molar-refractivity contribution in [2.75, 3.05) is 12.3 Å². The molecule has 0 aliphatic rings. The molecule has 0 radical (unpaired) electrons. The van der Waals surface area contributed by atoms with E-state index >= 15 is 0 Å². The van der Waals surface area contributed by atoms with E-state index in [2.05, 4.69) is 5.32 Å². The number of amides is 1. The number of hydrogen-bond acceptors (Lipinski definition) is 3. The number of carboxylic acid groups (broad SMARTS) is 1. The van der Waals surface area contributed by atoms with Crippen LogP contribution in [0.5, 0.6) is 0 Å². The molecule has 1 aromatic carbocycles. The van der Waals surface area contributed by atoms with Crippen LogP contribution in [0.4, 0.5) is 5.69 Å². The molecule has 1 amide bonds. The first-order valence-electron chi connectivity index (χ1n) is 5.87. The highest BCUT2D eigenvalue weighted by atomic mass is 16.4. The van der Waals surface area contributed by atoms with Gasteiger partial charge in [-0.3, -0.25) is 9.59 Å². The first kappa shape index (κ1) is 14.0. The molecule has 4 N–H and O–H groups in total. The van der Waals surface area contributed by atoms with Crippen LogP contribution in [0, 0.1) is 6.92 Å². The SMILES string of the molecule is Cc1c(N)cccc1C(=O)NCCCCC(=O)O. The molecule has 0 saturated carbocycles. The molecule has 5 nitrogen and oxygen atoms in total. The zero-order valence-electron chi connectivity index (χ0n) is 10.4. The van der Waals surface area contributed by atoms with E-state index in [1.807, 2.05) is 0 Å². The summed E-state index contributed by atoms with van der Waals surface area (Å²) < 4.78 is 0. The number of anilines is 1. The van der Waals surface area contributed by atoms with Crippen molar-refractivity contribution in [2.45, 2.75) is 26.2 Å². The smallest absolute Gasteiger partial charge is 0.303 e. The van der Waals surface area contributed by atoms with E-state index in [9.17, 15) is 9.59 Å². The quantitative estimate of drug-likeness (QED) is 0.527. The predicted octanol–water partition coefficient (Wildman–Crippen LogP) is 1.56. The van der Waals surface area contributed by atoms with E-state index < -0.39 is 5.97 Å². The molecule has 1 aromatic rings. The Kier molecular flexibility index (Phi) is 5.17. The van der Waals surface area contributed by atoms with Crippen molar-refractivity contribution in [3.63, 3.8) is 0 Å². The van der Waals surface area contributed by atoms with Crippen LogP contribution in [0.25, 0.3) is 0 Å². The van der Waals surface area contributed by atoms with E-state index in [1.54, 1.807) is 25.1 Å². The van der Waals surface area contributed by atoms with Gasteiger partial charge in [0, 0.05) is 24.2 Å². The average molecular weight is 250 g/mol. The molecule has 0 fully saturated rings. The molecule has 0 bridgehead atoms. The van der Waals surface area contributed by atoms with Gasteiger partial charge in [-0.2, -0.15) is 0 Å². The van der Waals surface area contributed by atoms with Gasteiger partial charge in [-0.15, -0.1) is 0 Å². The zero-order chi connectivity index (χ0) is 13.5. The van der Waals surface area contributed by atoms with E-state index in [4.69, 9.17) is 10.8 Å². The number of aliphatic carboxylic acids is 1. The van der Waals surface area contributed by atoms with Gasteiger partial charge >= 0.3 is 5.97 Å². The lowest BCUT2D eigenvalue weighted by Crippen LogP contribution is -2.25. The highest BCUT2D eigenvalue weighted by molar-refractivity contribution is 5.96. The highest BCUT2D eigenvalue weighted by Gasteiger charge is 2.09. The van der Waals surface area contributed by atoms with Crippen LogP contribution in [0.15, 0.2) is 18.2 Å². The van der Waals surface area contributed by atoms with Crippen molar-refractivity contribution in [1.82, 2.24) is 5.32 Å². The number of nitrogen functional groups attached to an aromatic ring is 1. The van der Waals surface area contributed by atoms with Crippen LogP contribution in [-0.4, -0.2) is 23.5 Å². The minimum Gasteiger partial charge on any atom is -0.481 e. The third kappa shape index (κ3) is 4.08. The second-order valence-corrected chi connectivity index (χ2v) is 4.13. The van der Waals surface area contributed by atoms with Gasteiger partial charge in [0.2, 0.25) is 0 Å². The fourth-order valence-corrected chi connectivity index (χ4v) is 1.60. The van der Waals surface area contributed by atoms with Crippen molar-refractivity contribution in [1.29, 1.82) is 0 Å². The third-order valence-corrected chi connectivity index (χ3v) is 2.72. The number of hydrogen-bond donors (Lipinski definition) is 3. The lowest BCUT2D eigenvalue weighted by molar-refractivity contribution is -0.137. The molecule has 1 rings (SSSR count). The number of rotatable bonds is 6. The molecular weight excluding hydrogens is 232 g/mol. The van der Waals surface area contributed by atoms with Crippen LogP contribution >= 0.6 is 0 Å². The van der Waals surface area contributed by atoms with E-state index in [0.29, 0.717) is 30.6 Å². The Bertz CT molecular complexity index is 444. The van der Waals surface area contributed by atoms with Gasteiger partial charge < -0.3 is 16.2 Å². The summed E-state index contributed by atoms with van der Waals surface area (Å²) in [7, 11) is 0. The summed E-state index contributed by atoms with van der Waals surface area (Å²) in [6.45, 7) is 2.27. The molecule has 0 atom stereocenters. The second kappa shape index (κ2) is 6.64. The maximum absolute atomic E-state index is 11.8. The molecule has 0 heterocycles. The molecule has 0 aromatic heterocycles. The zero-order valence-corrected chi connectivity index (χ0v) is 10.4. The maximum Gasteiger partial charge on any atom is 0.303 e. The van der Waals surface area contributed by atoms with Gasteiger partial charge in [0.1, 0.15) is 0 Å². The minimum absolute atomic E-state index is 0.132. The number of carbonyl (C=O) groups is 2. The van der Waals surface area contributed by atoms with Crippen molar-refractivity contribution in [3.05, 3.63) is 29.3 Å². The Labute approximate surface area is 106 Å². The van der Waals surface area contributed by atoms with Crippen molar-refractivity contribution in [3.8, 4) is 0 Å². The van der Waals surface area contributed by atoms with Crippen LogP contribution < -0.4 is 11.1 Å². The van der Waals surface area contributed by atoms with Crippen molar-refractivity contribution in [2.24, 2.45) is 0 Å².